The van der Waals surface area contributed by atoms with Crippen LogP contribution in [0.3, 0.4) is 0 Å². The molecule has 4 N–H and O–H groups in total. The van der Waals surface area contributed by atoms with Gasteiger partial charge in [-0.25, -0.2) is 5.43 Å². The number of ether oxygens (including phenoxy) is 1. The van der Waals surface area contributed by atoms with E-state index in [-0.39, 0.29) is 0 Å². The first-order valence-corrected chi connectivity index (χ1v) is 8.38. The average Bonchev–Trinajstić information content (AvgIpc) is 3.02. The summed E-state index contributed by atoms with van der Waals surface area (Å²) in [7, 11) is 1.65. The van der Waals surface area contributed by atoms with Crippen molar-refractivity contribution >= 4 is 35.7 Å². The molecule has 0 saturated heterocycles. The van der Waals surface area contributed by atoms with Crippen LogP contribution < -0.4 is 15.9 Å². The predicted octanol–water partition coefficient (Wildman–Crippen LogP) is 3.00. The highest BCUT2D eigenvalue weighted by molar-refractivity contribution is 7.85. The molecule has 2 aromatic rings. The van der Waals surface area contributed by atoms with Crippen LogP contribution in [0.5, 0.6) is 5.75 Å². The second kappa shape index (κ2) is 11.8. The molecule has 0 unspecified atom stereocenters. The maximum atomic E-state index is 7.18. The van der Waals surface area contributed by atoms with E-state index in [4.69, 9.17) is 15.7 Å². The fraction of sp³-hybridized carbons (Fsp3) is 0.353. The molecule has 8 heteroatoms. The summed E-state index contributed by atoms with van der Waals surface area (Å²) in [6.07, 6.45) is 6.99. The van der Waals surface area contributed by atoms with Crippen LogP contribution in [-0.4, -0.2) is 30.8 Å². The van der Waals surface area contributed by atoms with Gasteiger partial charge >= 0.3 is 0 Å². The summed E-state index contributed by atoms with van der Waals surface area (Å²) in [5.74, 6) is 1.15. The van der Waals surface area contributed by atoms with E-state index < -0.39 is 0 Å². The van der Waals surface area contributed by atoms with Gasteiger partial charge in [-0.2, -0.15) is 10.4 Å². The van der Waals surface area contributed by atoms with E-state index in [2.05, 4.69) is 40.1 Å². The van der Waals surface area contributed by atoms with Crippen molar-refractivity contribution in [2.75, 3.05) is 13.7 Å². The van der Waals surface area contributed by atoms with E-state index >= 15 is 0 Å². The molecule has 25 heavy (non-hydrogen) atoms. The van der Waals surface area contributed by atoms with Gasteiger partial charge in [-0.1, -0.05) is 32.4 Å². The van der Waals surface area contributed by atoms with Crippen molar-refractivity contribution in [3.8, 4) is 11.2 Å². The molecule has 0 atom stereocenters. The van der Waals surface area contributed by atoms with Gasteiger partial charge < -0.3 is 15.5 Å². The van der Waals surface area contributed by atoms with Crippen molar-refractivity contribution < 1.29 is 4.74 Å². The highest BCUT2D eigenvalue weighted by atomic mass is 32.1. The van der Waals surface area contributed by atoms with Gasteiger partial charge in [0.15, 0.2) is 0 Å². The van der Waals surface area contributed by atoms with E-state index in [0.717, 1.165) is 41.6 Å². The number of thiocyanates is 1. The molecule has 0 spiro atoms. The topological polar surface area (TPSA) is 112 Å². The van der Waals surface area contributed by atoms with E-state index in [1.165, 1.54) is 11.8 Å². The molecular weight excluding hydrogens is 336 g/mol. The third-order valence-corrected chi connectivity index (χ3v) is 3.35. The number of guanidine groups is 1. The van der Waals surface area contributed by atoms with Crippen LogP contribution in [0.15, 0.2) is 34.5 Å². The van der Waals surface area contributed by atoms with Crippen LogP contribution in [0.1, 0.15) is 31.7 Å². The smallest absolute Gasteiger partial charge is 0.209 e. The summed E-state index contributed by atoms with van der Waals surface area (Å²) in [6.45, 7) is 2.89. The van der Waals surface area contributed by atoms with E-state index in [1.54, 1.807) is 13.3 Å². The van der Waals surface area contributed by atoms with Crippen LogP contribution in [0, 0.1) is 10.7 Å². The zero-order valence-corrected chi connectivity index (χ0v) is 15.4. The van der Waals surface area contributed by atoms with Crippen molar-refractivity contribution in [2.45, 2.75) is 26.2 Å². The largest absolute Gasteiger partial charge is 0.497 e. The van der Waals surface area contributed by atoms with Crippen LogP contribution >= 0.6 is 12.6 Å². The minimum Gasteiger partial charge on any atom is -0.497 e. The number of aromatic nitrogens is 1. The molecule has 0 radical (unpaired) electrons. The fourth-order valence-corrected chi connectivity index (χ4v) is 2.12. The number of hydrazone groups is 1. The summed E-state index contributed by atoms with van der Waals surface area (Å²) in [6, 6.07) is 5.86. The highest BCUT2D eigenvalue weighted by Crippen LogP contribution is 2.22. The number of unbranched alkanes of at least 4 members (excludes halogenated alkanes) is 2. The van der Waals surface area contributed by atoms with Crippen LogP contribution in [-0.2, 0) is 0 Å². The zero-order valence-electron chi connectivity index (χ0n) is 14.5. The predicted molar refractivity (Wildman–Crippen MR) is 106 cm³/mol. The number of hydrogen-bond acceptors (Lipinski definition) is 5. The average molecular weight is 360 g/mol. The minimum absolute atomic E-state index is 0.338. The Balaban J connectivity index is 0.000000970. The molecule has 0 fully saturated rings. The first-order chi connectivity index (χ1) is 12.2. The van der Waals surface area contributed by atoms with Crippen LogP contribution in [0.25, 0.3) is 10.9 Å². The standard InChI is InChI=1S/C16H23N5O.CHNS/c1-3-4-5-8-18-16(17)21-20-11-12-10-19-15-7-6-13(22-2)9-14(12)15;2-1-3/h6-7,9-11,19H,3-5,8H2,1-2H3,(H3,17,18,21);3H/b20-11-;. The van der Waals surface area contributed by atoms with Crippen molar-refractivity contribution in [1.82, 2.24) is 10.4 Å². The first-order valence-electron chi connectivity index (χ1n) is 7.93. The van der Waals surface area contributed by atoms with Gasteiger partial charge in [-0.15, -0.1) is 0 Å². The number of hydrogen-bond donors (Lipinski definition) is 4. The Hall–Kier alpha value is -2.66. The number of H-pyrrole nitrogens is 1. The van der Waals surface area contributed by atoms with Crippen molar-refractivity contribution in [1.29, 1.82) is 5.26 Å². The monoisotopic (exact) mass is 360 g/mol. The maximum Gasteiger partial charge on any atom is 0.209 e. The molecular formula is C17H24N6OS. The zero-order chi connectivity index (χ0) is 18.5. The molecule has 0 bridgehead atoms. The SMILES string of the molecule is CCCCCN=C(N)N/N=C\c1c[nH]c2ccc(OC)cc12.N#CS. The Bertz CT molecular complexity index is 747. The number of nitrogens with zero attached hydrogens (tertiary/aromatic N) is 3. The van der Waals surface area contributed by atoms with Gasteiger partial charge in [0.2, 0.25) is 5.96 Å². The van der Waals surface area contributed by atoms with E-state index in [0.29, 0.717) is 5.96 Å². The number of fused-ring (bicyclic) bond motifs is 1. The van der Waals surface area contributed by atoms with Gasteiger partial charge in [-0.3, -0.25) is 4.99 Å². The summed E-state index contributed by atoms with van der Waals surface area (Å²) < 4.78 is 5.24. The molecule has 134 valence electrons. The summed E-state index contributed by atoms with van der Waals surface area (Å²) in [5.41, 5.74) is 10.5. The van der Waals surface area contributed by atoms with E-state index in [1.807, 2.05) is 24.4 Å². The molecule has 0 saturated carbocycles. The maximum absolute atomic E-state index is 7.18. The lowest BCUT2D eigenvalue weighted by atomic mass is 10.2. The number of nitrogens with two attached hydrogens (primary N) is 1. The molecule has 1 aromatic heterocycles. The molecule has 1 heterocycles. The summed E-state index contributed by atoms with van der Waals surface area (Å²) in [4.78, 5) is 7.40. The second-order valence-electron chi connectivity index (χ2n) is 5.10. The molecule has 7 nitrogen and oxygen atoms in total. The highest BCUT2D eigenvalue weighted by Gasteiger charge is 2.03. The quantitative estimate of drug-likeness (QED) is 0.152. The number of methoxy groups -OCH3 is 1. The number of aliphatic imine (C=N–C) groups is 1. The molecule has 0 aliphatic rings. The number of nitriles is 1. The van der Waals surface area contributed by atoms with Crippen LogP contribution in [0.4, 0.5) is 0 Å². The Morgan fingerprint density at radius 1 is 1.48 bits per heavy atom. The van der Waals surface area contributed by atoms with Gasteiger partial charge in [0.25, 0.3) is 0 Å². The molecule has 0 aliphatic heterocycles. The Morgan fingerprint density at radius 2 is 2.24 bits per heavy atom. The van der Waals surface area contributed by atoms with E-state index in [9.17, 15) is 0 Å². The summed E-state index contributed by atoms with van der Waals surface area (Å²) >= 11 is 3.09. The van der Waals surface area contributed by atoms with Gasteiger partial charge in [-0.05, 0) is 24.6 Å². The Labute approximate surface area is 153 Å². The summed E-state index contributed by atoms with van der Waals surface area (Å²) in [5, 5.41) is 13.8. The van der Waals surface area contributed by atoms with Gasteiger partial charge in [0.1, 0.15) is 11.2 Å². The van der Waals surface area contributed by atoms with Crippen molar-refractivity contribution in [3.63, 3.8) is 0 Å². The number of rotatable bonds is 7. The minimum atomic E-state index is 0.338. The van der Waals surface area contributed by atoms with Gasteiger partial charge in [0, 0.05) is 29.2 Å². The van der Waals surface area contributed by atoms with Crippen molar-refractivity contribution in [3.05, 3.63) is 30.0 Å². The number of benzene rings is 1. The molecule has 2 rings (SSSR count). The second-order valence-corrected chi connectivity index (χ2v) is 5.30. The first kappa shape index (κ1) is 20.4. The van der Waals surface area contributed by atoms with Crippen LogP contribution in [0.2, 0.25) is 0 Å². The lowest BCUT2D eigenvalue weighted by molar-refractivity contribution is 0.415. The molecule has 1 aromatic carbocycles. The lowest BCUT2D eigenvalue weighted by Crippen LogP contribution is -2.27. The molecule has 0 amide bonds. The fourth-order valence-electron chi connectivity index (χ4n) is 2.12. The van der Waals surface area contributed by atoms with Gasteiger partial charge in [0.05, 0.1) is 13.3 Å². The number of thiol groups is 1. The Morgan fingerprint density at radius 3 is 2.92 bits per heavy atom. The lowest BCUT2D eigenvalue weighted by Gasteiger charge is -2.00. The number of aromatic amines is 1. The molecule has 0 aliphatic carbocycles. The van der Waals surface area contributed by atoms with Crippen molar-refractivity contribution in [2.24, 2.45) is 15.8 Å². The normalized spacial score (nSPS) is 11.0. The number of nitrogens with one attached hydrogen (secondary N) is 2. The Kier molecular flexibility index (Phi) is 9.63. The third-order valence-electron chi connectivity index (χ3n) is 3.35. The third kappa shape index (κ3) is 7.18.